The van der Waals surface area contributed by atoms with Crippen molar-refractivity contribution in [3.63, 3.8) is 0 Å². The van der Waals surface area contributed by atoms with E-state index in [0.29, 0.717) is 17.2 Å². The lowest BCUT2D eigenvalue weighted by molar-refractivity contribution is -0.384. The van der Waals surface area contributed by atoms with E-state index in [9.17, 15) is 14.9 Å². The highest BCUT2D eigenvalue weighted by atomic mass is 32.1. The highest BCUT2D eigenvalue weighted by Gasteiger charge is 2.19. The summed E-state index contributed by atoms with van der Waals surface area (Å²) in [4.78, 5) is 27.3. The van der Waals surface area contributed by atoms with Gasteiger partial charge in [0, 0.05) is 23.1 Å². The van der Waals surface area contributed by atoms with Crippen molar-refractivity contribution in [2.75, 3.05) is 5.32 Å². The summed E-state index contributed by atoms with van der Waals surface area (Å²) in [5, 5.41) is 15.9. The van der Waals surface area contributed by atoms with E-state index in [1.165, 1.54) is 23.5 Å². The maximum absolute atomic E-state index is 12.6. The van der Waals surface area contributed by atoms with E-state index in [-0.39, 0.29) is 17.5 Å². The lowest BCUT2D eigenvalue weighted by atomic mass is 9.96. The van der Waals surface area contributed by atoms with Crippen molar-refractivity contribution in [3.05, 3.63) is 75.7 Å². The van der Waals surface area contributed by atoms with Crippen LogP contribution in [0.2, 0.25) is 0 Å². The van der Waals surface area contributed by atoms with Gasteiger partial charge < -0.3 is 5.32 Å². The number of nitrogens with one attached hydrogen (secondary N) is 1. The summed E-state index contributed by atoms with van der Waals surface area (Å²) >= 11 is 1.33. The molecule has 0 saturated heterocycles. The Hall–Kier alpha value is -3.06. The molecule has 3 aromatic rings. The first-order chi connectivity index (χ1) is 12.6. The Balaban J connectivity index is 1.73. The van der Waals surface area contributed by atoms with E-state index in [2.05, 4.69) is 10.3 Å². The molecule has 1 atom stereocenters. The standard InChI is InChI=1S/C19H17N3O3S/c1-2-16(13-6-4-3-5-7-13)18(23)21-19-20-17(12-26-19)14-8-10-15(11-9-14)22(24)25/h3-12,16H,2H2,1H3,(H,20,21,23)/t16-/m1/s1. The zero-order chi connectivity index (χ0) is 18.5. The number of nitro benzene ring substituents is 1. The number of hydrogen-bond donors (Lipinski definition) is 1. The molecule has 1 N–H and O–H groups in total. The number of thiazole rings is 1. The summed E-state index contributed by atoms with van der Waals surface area (Å²) < 4.78 is 0. The minimum absolute atomic E-state index is 0.0335. The maximum atomic E-state index is 12.6. The molecule has 0 bridgehead atoms. The van der Waals surface area contributed by atoms with Crippen molar-refractivity contribution in [1.29, 1.82) is 0 Å². The van der Waals surface area contributed by atoms with Crippen LogP contribution >= 0.6 is 11.3 Å². The number of carbonyl (C=O) groups excluding carboxylic acids is 1. The van der Waals surface area contributed by atoms with E-state index in [4.69, 9.17) is 0 Å². The molecule has 0 aliphatic carbocycles. The Morgan fingerprint density at radius 2 is 1.88 bits per heavy atom. The second-order valence-corrected chi connectivity index (χ2v) is 6.56. The quantitative estimate of drug-likeness (QED) is 0.498. The average Bonchev–Trinajstić information content (AvgIpc) is 3.11. The number of aromatic nitrogens is 1. The predicted molar refractivity (Wildman–Crippen MR) is 102 cm³/mol. The van der Waals surface area contributed by atoms with Gasteiger partial charge in [0.25, 0.3) is 5.69 Å². The summed E-state index contributed by atoms with van der Waals surface area (Å²) in [6, 6.07) is 15.8. The van der Waals surface area contributed by atoms with Crippen molar-refractivity contribution in [1.82, 2.24) is 4.98 Å². The number of nitrogens with zero attached hydrogens (tertiary/aromatic N) is 2. The normalized spacial score (nSPS) is 11.7. The number of amides is 1. The van der Waals surface area contributed by atoms with Crippen LogP contribution in [0.15, 0.2) is 60.0 Å². The van der Waals surface area contributed by atoms with Crippen LogP contribution in [0.1, 0.15) is 24.8 Å². The minimum atomic E-state index is -0.440. The number of nitro groups is 1. The maximum Gasteiger partial charge on any atom is 0.269 e. The molecule has 0 spiro atoms. The van der Waals surface area contributed by atoms with E-state index in [1.807, 2.05) is 42.6 Å². The second kappa shape index (κ2) is 7.88. The molecule has 0 saturated carbocycles. The summed E-state index contributed by atoms with van der Waals surface area (Å²) in [7, 11) is 0. The highest BCUT2D eigenvalue weighted by Crippen LogP contribution is 2.28. The van der Waals surface area contributed by atoms with Gasteiger partial charge in [-0.3, -0.25) is 14.9 Å². The molecule has 2 aromatic carbocycles. The third-order valence-corrected chi connectivity index (χ3v) is 4.79. The van der Waals surface area contributed by atoms with E-state index in [0.717, 1.165) is 11.1 Å². The van der Waals surface area contributed by atoms with E-state index >= 15 is 0 Å². The monoisotopic (exact) mass is 367 g/mol. The van der Waals surface area contributed by atoms with Crippen molar-refractivity contribution in [2.45, 2.75) is 19.3 Å². The van der Waals surface area contributed by atoms with Gasteiger partial charge in [0.2, 0.25) is 5.91 Å². The summed E-state index contributed by atoms with van der Waals surface area (Å²) in [6.07, 6.45) is 0.691. The summed E-state index contributed by atoms with van der Waals surface area (Å²) in [5.41, 5.74) is 2.45. The fraction of sp³-hybridized carbons (Fsp3) is 0.158. The van der Waals surface area contributed by atoms with Crippen LogP contribution < -0.4 is 5.32 Å². The van der Waals surface area contributed by atoms with Gasteiger partial charge in [-0.2, -0.15) is 0 Å². The molecule has 1 aromatic heterocycles. The number of hydrogen-bond acceptors (Lipinski definition) is 5. The lowest BCUT2D eigenvalue weighted by Crippen LogP contribution is -2.20. The molecule has 0 radical (unpaired) electrons. The molecule has 0 fully saturated rings. The van der Waals surface area contributed by atoms with Crippen molar-refractivity contribution in [3.8, 4) is 11.3 Å². The lowest BCUT2D eigenvalue weighted by Gasteiger charge is -2.14. The van der Waals surface area contributed by atoms with Gasteiger partial charge in [-0.15, -0.1) is 11.3 Å². The van der Waals surface area contributed by atoms with Crippen LogP contribution in [0, 0.1) is 10.1 Å². The van der Waals surface area contributed by atoms with Gasteiger partial charge in [-0.25, -0.2) is 4.98 Å². The van der Waals surface area contributed by atoms with Gasteiger partial charge in [-0.05, 0) is 24.1 Å². The SMILES string of the molecule is CC[C@@H](C(=O)Nc1nc(-c2ccc([N+](=O)[O-])cc2)cs1)c1ccccc1. The smallest absolute Gasteiger partial charge is 0.269 e. The first-order valence-electron chi connectivity index (χ1n) is 8.14. The van der Waals surface area contributed by atoms with Gasteiger partial charge >= 0.3 is 0 Å². The molecule has 0 aliphatic rings. The first kappa shape index (κ1) is 17.8. The number of rotatable bonds is 6. The van der Waals surface area contributed by atoms with Crippen LogP contribution in [-0.4, -0.2) is 15.8 Å². The minimum Gasteiger partial charge on any atom is -0.301 e. The number of carbonyl (C=O) groups is 1. The molecule has 3 rings (SSSR count). The third kappa shape index (κ3) is 3.94. The van der Waals surface area contributed by atoms with Crippen LogP contribution in [0.3, 0.4) is 0 Å². The average molecular weight is 367 g/mol. The second-order valence-electron chi connectivity index (χ2n) is 5.70. The summed E-state index contributed by atoms with van der Waals surface area (Å²) in [6.45, 7) is 1.97. The highest BCUT2D eigenvalue weighted by molar-refractivity contribution is 7.14. The molecule has 0 aliphatic heterocycles. The molecule has 1 heterocycles. The van der Waals surface area contributed by atoms with Crippen molar-refractivity contribution < 1.29 is 9.72 Å². The fourth-order valence-electron chi connectivity index (χ4n) is 2.67. The van der Waals surface area contributed by atoms with Gasteiger partial charge in [0.1, 0.15) is 0 Å². The molecule has 6 nitrogen and oxygen atoms in total. The summed E-state index contributed by atoms with van der Waals surface area (Å²) in [5.74, 6) is -0.328. The van der Waals surface area contributed by atoms with E-state index in [1.54, 1.807) is 12.1 Å². The molecule has 26 heavy (non-hydrogen) atoms. The van der Waals surface area contributed by atoms with Crippen LogP contribution in [0.5, 0.6) is 0 Å². The van der Waals surface area contributed by atoms with Crippen LogP contribution in [0.25, 0.3) is 11.3 Å². The zero-order valence-corrected chi connectivity index (χ0v) is 14.9. The Labute approximate surface area is 154 Å². The molecule has 0 unspecified atom stereocenters. The van der Waals surface area contributed by atoms with Crippen molar-refractivity contribution >= 4 is 28.1 Å². The number of anilines is 1. The Kier molecular flexibility index (Phi) is 5.38. The van der Waals surface area contributed by atoms with Crippen molar-refractivity contribution in [2.24, 2.45) is 0 Å². The third-order valence-electron chi connectivity index (χ3n) is 4.03. The Bertz CT molecular complexity index is 907. The fourth-order valence-corrected chi connectivity index (χ4v) is 3.39. The van der Waals surface area contributed by atoms with Gasteiger partial charge in [0.05, 0.1) is 16.5 Å². The van der Waals surface area contributed by atoms with Gasteiger partial charge in [0.15, 0.2) is 5.13 Å². The number of benzene rings is 2. The molecular weight excluding hydrogens is 350 g/mol. The molecular formula is C19H17N3O3S. The van der Waals surface area contributed by atoms with Crippen LogP contribution in [0.4, 0.5) is 10.8 Å². The molecule has 7 heteroatoms. The molecule has 1 amide bonds. The molecule has 132 valence electrons. The van der Waals surface area contributed by atoms with Crippen LogP contribution in [-0.2, 0) is 4.79 Å². The van der Waals surface area contributed by atoms with E-state index < -0.39 is 4.92 Å². The predicted octanol–water partition coefficient (Wildman–Crippen LogP) is 4.85. The topological polar surface area (TPSA) is 85.1 Å². The largest absolute Gasteiger partial charge is 0.301 e. The Morgan fingerprint density at radius 1 is 1.19 bits per heavy atom. The Morgan fingerprint density at radius 3 is 2.50 bits per heavy atom. The van der Waals surface area contributed by atoms with Gasteiger partial charge in [-0.1, -0.05) is 37.3 Å². The first-order valence-corrected chi connectivity index (χ1v) is 9.02. The number of non-ortho nitro benzene ring substituents is 1. The zero-order valence-electron chi connectivity index (χ0n) is 14.1.